The first kappa shape index (κ1) is 21.5. The minimum Gasteiger partial charge on any atom is -0.264 e. The van der Waals surface area contributed by atoms with Gasteiger partial charge in [0.2, 0.25) is 0 Å². The van der Waals surface area contributed by atoms with Gasteiger partial charge in [0.1, 0.15) is 0 Å². The summed E-state index contributed by atoms with van der Waals surface area (Å²) in [4.78, 5) is 23.0. The zero-order chi connectivity index (χ0) is 24.2. The summed E-state index contributed by atoms with van der Waals surface area (Å²) in [5, 5.41) is 0. The van der Waals surface area contributed by atoms with Gasteiger partial charge >= 0.3 is 0 Å². The molecule has 0 atom stereocenters. The van der Waals surface area contributed by atoms with Crippen molar-refractivity contribution in [2.75, 3.05) is 0 Å². The van der Waals surface area contributed by atoms with Crippen LogP contribution in [0.2, 0.25) is 0 Å². The fourth-order valence-corrected chi connectivity index (χ4v) is 4.16. The van der Waals surface area contributed by atoms with Crippen molar-refractivity contribution in [3.05, 3.63) is 128 Å². The quantitative estimate of drug-likeness (QED) is 0.275. The van der Waals surface area contributed by atoms with Gasteiger partial charge in [-0.05, 0) is 52.6 Å². The Hall–Kier alpha value is -5.03. The fourth-order valence-electron chi connectivity index (χ4n) is 4.16. The van der Waals surface area contributed by atoms with Crippen LogP contribution in [-0.4, -0.2) is 24.9 Å². The monoisotopic (exact) mass is 463 g/mol. The van der Waals surface area contributed by atoms with Gasteiger partial charge in [-0.15, -0.1) is 0 Å². The summed E-state index contributed by atoms with van der Waals surface area (Å²) < 4.78 is 0. The Morgan fingerprint density at radius 2 is 0.833 bits per heavy atom. The van der Waals surface area contributed by atoms with E-state index in [1.807, 2.05) is 36.4 Å². The molecule has 0 aliphatic carbocycles. The molecule has 3 aromatic heterocycles. The number of aromatic nitrogens is 5. The predicted molar refractivity (Wildman–Crippen MR) is 143 cm³/mol. The summed E-state index contributed by atoms with van der Waals surface area (Å²) in [6, 6.07) is 34.8. The van der Waals surface area contributed by atoms with Gasteiger partial charge in [0, 0.05) is 41.5 Å². The van der Waals surface area contributed by atoms with Gasteiger partial charge in [0.05, 0.1) is 0 Å². The predicted octanol–water partition coefficient (Wildman–Crippen LogP) is 7.00. The Bertz CT molecular complexity index is 1550. The second-order valence-electron chi connectivity index (χ2n) is 8.28. The van der Waals surface area contributed by atoms with Crippen LogP contribution in [0.4, 0.5) is 0 Å². The van der Waals surface area contributed by atoms with E-state index in [1.54, 1.807) is 24.8 Å². The first-order valence-electron chi connectivity index (χ1n) is 11.7. The van der Waals surface area contributed by atoms with E-state index < -0.39 is 0 Å². The van der Waals surface area contributed by atoms with E-state index in [0.29, 0.717) is 17.5 Å². The first-order chi connectivity index (χ1) is 17.8. The number of pyridine rings is 2. The molecule has 0 bridgehead atoms. The summed E-state index contributed by atoms with van der Waals surface area (Å²) in [6.45, 7) is 0. The molecule has 0 spiro atoms. The lowest BCUT2D eigenvalue weighted by atomic mass is 9.92. The van der Waals surface area contributed by atoms with Crippen LogP contribution in [0.15, 0.2) is 128 Å². The highest BCUT2D eigenvalue weighted by Crippen LogP contribution is 2.35. The molecule has 0 saturated heterocycles. The van der Waals surface area contributed by atoms with Gasteiger partial charge in [-0.1, -0.05) is 72.8 Å². The van der Waals surface area contributed by atoms with Gasteiger partial charge < -0.3 is 0 Å². The highest BCUT2D eigenvalue weighted by atomic mass is 15.0. The molecule has 5 nitrogen and oxygen atoms in total. The molecule has 6 rings (SSSR count). The van der Waals surface area contributed by atoms with E-state index in [9.17, 15) is 0 Å². The molecule has 170 valence electrons. The van der Waals surface area contributed by atoms with Crippen molar-refractivity contribution in [1.29, 1.82) is 0 Å². The van der Waals surface area contributed by atoms with Gasteiger partial charge in [0.25, 0.3) is 0 Å². The van der Waals surface area contributed by atoms with Crippen LogP contribution in [-0.2, 0) is 0 Å². The Kier molecular flexibility index (Phi) is 5.78. The van der Waals surface area contributed by atoms with Crippen molar-refractivity contribution >= 4 is 0 Å². The van der Waals surface area contributed by atoms with Crippen LogP contribution in [0.3, 0.4) is 0 Å². The van der Waals surface area contributed by atoms with Crippen LogP contribution in [0.25, 0.3) is 56.4 Å². The number of benzene rings is 3. The number of rotatable bonds is 5. The third kappa shape index (κ3) is 4.38. The third-order valence-corrected chi connectivity index (χ3v) is 5.92. The largest absolute Gasteiger partial charge is 0.264 e. The molecule has 0 aliphatic rings. The molecule has 0 saturated carbocycles. The lowest BCUT2D eigenvalue weighted by Crippen LogP contribution is -2.01. The van der Waals surface area contributed by atoms with Crippen LogP contribution in [0.1, 0.15) is 0 Å². The zero-order valence-electron chi connectivity index (χ0n) is 19.4. The molecule has 5 heteroatoms. The maximum absolute atomic E-state index is 4.85. The molecule has 0 radical (unpaired) electrons. The summed E-state index contributed by atoms with van der Waals surface area (Å²) in [5.74, 6) is 1.74. The van der Waals surface area contributed by atoms with E-state index in [1.165, 1.54) is 0 Å². The van der Waals surface area contributed by atoms with E-state index in [4.69, 9.17) is 15.0 Å². The van der Waals surface area contributed by atoms with Crippen LogP contribution >= 0.6 is 0 Å². The Morgan fingerprint density at radius 3 is 1.33 bits per heavy atom. The van der Waals surface area contributed by atoms with Crippen molar-refractivity contribution in [2.24, 2.45) is 0 Å². The number of hydrogen-bond acceptors (Lipinski definition) is 5. The van der Waals surface area contributed by atoms with Crippen molar-refractivity contribution < 1.29 is 0 Å². The zero-order valence-corrected chi connectivity index (χ0v) is 19.4. The number of hydrogen-bond donors (Lipinski definition) is 0. The molecular weight excluding hydrogens is 442 g/mol. The second kappa shape index (κ2) is 9.68. The summed E-state index contributed by atoms with van der Waals surface area (Å²) in [7, 11) is 0. The summed E-state index contributed by atoms with van der Waals surface area (Å²) in [5.41, 5.74) is 7.13. The van der Waals surface area contributed by atoms with Crippen LogP contribution < -0.4 is 0 Å². The third-order valence-electron chi connectivity index (χ3n) is 5.92. The van der Waals surface area contributed by atoms with Gasteiger partial charge in [0.15, 0.2) is 17.5 Å². The topological polar surface area (TPSA) is 64.5 Å². The van der Waals surface area contributed by atoms with Gasteiger partial charge in [-0.3, -0.25) is 9.97 Å². The smallest absolute Gasteiger partial charge is 0.165 e. The van der Waals surface area contributed by atoms with Crippen molar-refractivity contribution in [3.63, 3.8) is 0 Å². The first-order valence-corrected chi connectivity index (χ1v) is 11.7. The minimum atomic E-state index is 0.570. The lowest BCUT2D eigenvalue weighted by molar-refractivity contribution is 1.07. The van der Waals surface area contributed by atoms with Crippen LogP contribution in [0, 0.1) is 0 Å². The maximum Gasteiger partial charge on any atom is 0.165 e. The van der Waals surface area contributed by atoms with Crippen molar-refractivity contribution in [3.8, 4) is 56.4 Å². The van der Waals surface area contributed by atoms with E-state index in [-0.39, 0.29) is 0 Å². The highest BCUT2D eigenvalue weighted by Gasteiger charge is 2.15. The molecular formula is C31H21N5. The maximum atomic E-state index is 4.85. The standard InChI is InChI=1S/C31H21N5/c1-3-9-22(10-4-1)27-16-15-24(19-28(27)23-11-5-2-6-12-23)29-34-30(25-13-7-17-32-20-25)36-31(35-29)26-14-8-18-33-21-26/h1-21H. The molecule has 0 N–H and O–H groups in total. The average Bonchev–Trinajstić information content (AvgIpc) is 2.98. The summed E-state index contributed by atoms with van der Waals surface area (Å²) in [6.07, 6.45) is 7.00. The lowest BCUT2D eigenvalue weighted by Gasteiger charge is -2.13. The fraction of sp³-hybridized carbons (Fsp3) is 0. The summed E-state index contributed by atoms with van der Waals surface area (Å²) >= 11 is 0. The SMILES string of the molecule is c1ccc(-c2ccc(-c3nc(-c4cccnc4)nc(-c4cccnc4)n3)cc2-c2ccccc2)cc1. The molecule has 3 heterocycles. The highest BCUT2D eigenvalue weighted by molar-refractivity contribution is 5.86. The molecule has 0 aliphatic heterocycles. The molecule has 0 unspecified atom stereocenters. The average molecular weight is 464 g/mol. The molecule has 36 heavy (non-hydrogen) atoms. The number of nitrogens with zero attached hydrogens (tertiary/aromatic N) is 5. The van der Waals surface area contributed by atoms with E-state index in [0.717, 1.165) is 38.9 Å². The molecule has 6 aromatic rings. The Labute approximate surface area is 209 Å². The van der Waals surface area contributed by atoms with E-state index in [2.05, 4.69) is 76.7 Å². The van der Waals surface area contributed by atoms with Crippen molar-refractivity contribution in [2.45, 2.75) is 0 Å². The van der Waals surface area contributed by atoms with Crippen LogP contribution in [0.5, 0.6) is 0 Å². The molecule has 0 fully saturated rings. The minimum absolute atomic E-state index is 0.570. The molecule has 0 amide bonds. The van der Waals surface area contributed by atoms with Crippen molar-refractivity contribution in [1.82, 2.24) is 24.9 Å². The Balaban J connectivity index is 1.55. The van der Waals surface area contributed by atoms with Gasteiger partial charge in [-0.2, -0.15) is 0 Å². The Morgan fingerprint density at radius 1 is 0.361 bits per heavy atom. The second-order valence-corrected chi connectivity index (χ2v) is 8.28. The van der Waals surface area contributed by atoms with Gasteiger partial charge in [-0.25, -0.2) is 15.0 Å². The molecule has 3 aromatic carbocycles. The normalized spacial score (nSPS) is 10.8. The van der Waals surface area contributed by atoms with E-state index >= 15 is 0 Å².